The van der Waals surface area contributed by atoms with Crippen molar-refractivity contribution in [2.45, 2.75) is 0 Å². The number of aromatic amines is 1. The molecule has 0 saturated heterocycles. The van der Waals surface area contributed by atoms with Crippen molar-refractivity contribution in [3.63, 3.8) is 0 Å². The summed E-state index contributed by atoms with van der Waals surface area (Å²) in [7, 11) is 0. The zero-order chi connectivity index (χ0) is 12.5. The van der Waals surface area contributed by atoms with Crippen LogP contribution in [0.15, 0.2) is 39.3 Å². The van der Waals surface area contributed by atoms with Gasteiger partial charge in [-0.05, 0) is 24.3 Å². The van der Waals surface area contributed by atoms with Gasteiger partial charge < -0.3 is 10.3 Å². The van der Waals surface area contributed by atoms with Crippen LogP contribution >= 0.6 is 15.9 Å². The van der Waals surface area contributed by atoms with Gasteiger partial charge >= 0.3 is 0 Å². The SMILES string of the molecule is Nc1cc(-c2nc(-c3ccc(Br)cc3)no2)[nH]n1. The lowest BCUT2D eigenvalue weighted by Gasteiger charge is -1.93. The van der Waals surface area contributed by atoms with E-state index >= 15 is 0 Å². The summed E-state index contributed by atoms with van der Waals surface area (Å²) in [5.41, 5.74) is 6.99. The van der Waals surface area contributed by atoms with Crippen LogP contribution in [0.1, 0.15) is 0 Å². The van der Waals surface area contributed by atoms with Gasteiger partial charge in [0.15, 0.2) is 0 Å². The minimum atomic E-state index is 0.358. The summed E-state index contributed by atoms with van der Waals surface area (Å²) in [6, 6.07) is 9.28. The van der Waals surface area contributed by atoms with E-state index in [2.05, 4.69) is 36.3 Å². The Morgan fingerprint density at radius 2 is 2.00 bits per heavy atom. The fourth-order valence-electron chi connectivity index (χ4n) is 1.50. The van der Waals surface area contributed by atoms with Crippen molar-refractivity contribution < 1.29 is 4.52 Å². The third kappa shape index (κ3) is 2.00. The van der Waals surface area contributed by atoms with Gasteiger partial charge in [0.25, 0.3) is 5.89 Å². The number of hydrogen-bond acceptors (Lipinski definition) is 5. The van der Waals surface area contributed by atoms with Gasteiger partial charge in [-0.3, -0.25) is 5.10 Å². The maximum Gasteiger partial charge on any atom is 0.276 e. The standard InChI is InChI=1S/C11H8BrN5O/c12-7-3-1-6(2-4-7)10-14-11(18-17-10)8-5-9(13)16-15-8/h1-5H,(H3,13,15,16). The molecule has 6 nitrogen and oxygen atoms in total. The van der Waals surface area contributed by atoms with Crippen LogP contribution in [-0.2, 0) is 0 Å². The van der Waals surface area contributed by atoms with Gasteiger partial charge in [-0.1, -0.05) is 21.1 Å². The minimum absolute atomic E-state index is 0.358. The number of aromatic nitrogens is 4. The first-order valence-corrected chi connectivity index (χ1v) is 5.92. The monoisotopic (exact) mass is 305 g/mol. The van der Waals surface area contributed by atoms with E-state index in [4.69, 9.17) is 10.3 Å². The Bertz CT molecular complexity index is 673. The zero-order valence-corrected chi connectivity index (χ0v) is 10.7. The fourth-order valence-corrected chi connectivity index (χ4v) is 1.76. The molecule has 0 bridgehead atoms. The summed E-state index contributed by atoms with van der Waals surface area (Å²) >= 11 is 3.37. The van der Waals surface area contributed by atoms with Crippen molar-refractivity contribution >= 4 is 21.7 Å². The highest BCUT2D eigenvalue weighted by atomic mass is 79.9. The van der Waals surface area contributed by atoms with Crippen LogP contribution in [0.2, 0.25) is 0 Å². The largest absolute Gasteiger partial charge is 0.382 e. The van der Waals surface area contributed by atoms with Crippen LogP contribution in [0.5, 0.6) is 0 Å². The highest BCUT2D eigenvalue weighted by Gasteiger charge is 2.12. The van der Waals surface area contributed by atoms with Crippen molar-refractivity contribution in [1.29, 1.82) is 0 Å². The Hall–Kier alpha value is -2.15. The Morgan fingerprint density at radius 1 is 1.22 bits per heavy atom. The van der Waals surface area contributed by atoms with Gasteiger partial charge in [-0.15, -0.1) is 0 Å². The lowest BCUT2D eigenvalue weighted by Crippen LogP contribution is -1.81. The second-order valence-corrected chi connectivity index (χ2v) is 4.55. The summed E-state index contributed by atoms with van der Waals surface area (Å²) < 4.78 is 6.15. The molecule has 0 amide bonds. The topological polar surface area (TPSA) is 93.6 Å². The molecule has 0 saturated carbocycles. The number of nitrogens with one attached hydrogen (secondary N) is 1. The molecular formula is C11H8BrN5O. The number of halogens is 1. The molecule has 0 radical (unpaired) electrons. The smallest absolute Gasteiger partial charge is 0.276 e. The Balaban J connectivity index is 1.96. The number of benzene rings is 1. The number of H-pyrrole nitrogens is 1. The van der Waals surface area contributed by atoms with Crippen LogP contribution in [0.25, 0.3) is 23.0 Å². The molecule has 0 fully saturated rings. The first kappa shape index (κ1) is 11.0. The van der Waals surface area contributed by atoms with Crippen molar-refractivity contribution in [3.05, 3.63) is 34.8 Å². The van der Waals surface area contributed by atoms with Crippen LogP contribution in [0, 0.1) is 0 Å². The number of hydrogen-bond donors (Lipinski definition) is 2. The molecule has 1 aromatic carbocycles. The molecule has 0 spiro atoms. The molecule has 7 heteroatoms. The minimum Gasteiger partial charge on any atom is -0.382 e. The molecule has 0 aliphatic rings. The molecule has 3 N–H and O–H groups in total. The molecular weight excluding hydrogens is 298 g/mol. The maximum absolute atomic E-state index is 5.51. The third-order valence-corrected chi connectivity index (χ3v) is 2.89. The van der Waals surface area contributed by atoms with Crippen molar-refractivity contribution in [2.24, 2.45) is 0 Å². The summed E-state index contributed by atoms with van der Waals surface area (Å²) in [5.74, 6) is 1.26. The molecule has 0 atom stereocenters. The van der Waals surface area contributed by atoms with Crippen LogP contribution in [-0.4, -0.2) is 20.3 Å². The summed E-state index contributed by atoms with van der Waals surface area (Å²) in [5, 5.41) is 10.4. The number of rotatable bonds is 2. The van der Waals surface area contributed by atoms with Gasteiger partial charge in [-0.2, -0.15) is 10.1 Å². The van der Waals surface area contributed by atoms with Gasteiger partial charge in [0.2, 0.25) is 5.82 Å². The number of anilines is 1. The van der Waals surface area contributed by atoms with Crippen LogP contribution in [0.4, 0.5) is 5.82 Å². The van der Waals surface area contributed by atoms with Gasteiger partial charge in [0, 0.05) is 16.1 Å². The average Bonchev–Trinajstić information content (AvgIpc) is 2.98. The predicted octanol–water partition coefficient (Wildman–Crippen LogP) is 2.47. The molecule has 3 rings (SSSR count). The van der Waals surface area contributed by atoms with E-state index in [1.807, 2.05) is 24.3 Å². The van der Waals surface area contributed by atoms with E-state index in [1.165, 1.54) is 0 Å². The predicted molar refractivity (Wildman–Crippen MR) is 69.4 cm³/mol. The van der Waals surface area contributed by atoms with E-state index in [0.29, 0.717) is 23.2 Å². The van der Waals surface area contributed by atoms with E-state index in [-0.39, 0.29) is 0 Å². The normalized spacial score (nSPS) is 10.7. The van der Waals surface area contributed by atoms with Gasteiger partial charge in [0.05, 0.1) is 0 Å². The zero-order valence-electron chi connectivity index (χ0n) is 9.09. The average molecular weight is 306 g/mol. The number of nitrogens with two attached hydrogens (primary N) is 1. The molecule has 2 heterocycles. The van der Waals surface area contributed by atoms with E-state index in [1.54, 1.807) is 6.07 Å². The van der Waals surface area contributed by atoms with Gasteiger partial charge in [-0.25, -0.2) is 0 Å². The molecule has 3 aromatic rings. The third-order valence-electron chi connectivity index (χ3n) is 2.36. The summed E-state index contributed by atoms with van der Waals surface area (Å²) in [4.78, 5) is 4.27. The van der Waals surface area contributed by atoms with Crippen LogP contribution in [0.3, 0.4) is 0 Å². The first-order valence-electron chi connectivity index (χ1n) is 5.13. The highest BCUT2D eigenvalue weighted by molar-refractivity contribution is 9.10. The quantitative estimate of drug-likeness (QED) is 0.758. The van der Waals surface area contributed by atoms with E-state index < -0.39 is 0 Å². The second kappa shape index (κ2) is 4.26. The van der Waals surface area contributed by atoms with Gasteiger partial charge in [0.1, 0.15) is 11.5 Å². The molecule has 0 aliphatic carbocycles. The Morgan fingerprint density at radius 3 is 2.67 bits per heavy atom. The number of nitrogens with zero attached hydrogens (tertiary/aromatic N) is 3. The summed E-state index contributed by atoms with van der Waals surface area (Å²) in [6.45, 7) is 0. The fraction of sp³-hybridized carbons (Fsp3) is 0. The van der Waals surface area contributed by atoms with E-state index in [0.717, 1.165) is 10.0 Å². The van der Waals surface area contributed by atoms with E-state index in [9.17, 15) is 0 Å². The van der Waals surface area contributed by atoms with Crippen molar-refractivity contribution in [2.75, 3.05) is 5.73 Å². The lowest BCUT2D eigenvalue weighted by atomic mass is 10.2. The maximum atomic E-state index is 5.51. The van der Waals surface area contributed by atoms with Crippen LogP contribution < -0.4 is 5.73 Å². The molecule has 0 unspecified atom stereocenters. The Labute approximate surface area is 110 Å². The first-order chi connectivity index (χ1) is 8.72. The summed E-state index contributed by atoms with van der Waals surface area (Å²) in [6.07, 6.45) is 0. The van der Waals surface area contributed by atoms with Crippen molar-refractivity contribution in [3.8, 4) is 23.0 Å². The van der Waals surface area contributed by atoms with Crippen molar-refractivity contribution in [1.82, 2.24) is 20.3 Å². The highest BCUT2D eigenvalue weighted by Crippen LogP contribution is 2.22. The Kier molecular flexibility index (Phi) is 2.60. The molecule has 0 aliphatic heterocycles. The second-order valence-electron chi connectivity index (χ2n) is 3.64. The molecule has 2 aromatic heterocycles. The lowest BCUT2D eigenvalue weighted by molar-refractivity contribution is 0.431. The molecule has 18 heavy (non-hydrogen) atoms. The number of nitrogen functional groups attached to an aromatic ring is 1. The molecule has 90 valence electrons.